The molecule has 2 aromatic carbocycles. The van der Waals surface area contributed by atoms with Crippen molar-refractivity contribution in [1.29, 1.82) is 0 Å². The Kier molecular flexibility index (Phi) is 4.36. The van der Waals surface area contributed by atoms with Crippen molar-refractivity contribution in [2.45, 2.75) is 13.1 Å². The van der Waals surface area contributed by atoms with Crippen LogP contribution in [-0.4, -0.2) is 10.8 Å². The van der Waals surface area contributed by atoms with Crippen LogP contribution in [0, 0.1) is 0 Å². The van der Waals surface area contributed by atoms with Crippen molar-refractivity contribution < 1.29 is 9.21 Å². The minimum atomic E-state index is 0.0291. The monoisotopic (exact) mass is 347 g/mol. The third-order valence-corrected chi connectivity index (χ3v) is 5.17. The molecule has 0 aliphatic carbocycles. The molecular formula is C21H17NO2S. The minimum Gasteiger partial charge on any atom is -0.467 e. The molecular weight excluding hydrogens is 330 g/mol. The van der Waals surface area contributed by atoms with Gasteiger partial charge in [0, 0.05) is 11.2 Å². The molecule has 0 atom stereocenters. The third-order valence-electron chi connectivity index (χ3n) is 4.07. The Hall–Kier alpha value is -2.85. The number of hydrogen-bond donors (Lipinski definition) is 0. The van der Waals surface area contributed by atoms with E-state index in [1.165, 1.54) is 11.3 Å². The highest BCUT2D eigenvalue weighted by molar-refractivity contribution is 7.20. The van der Waals surface area contributed by atoms with E-state index in [4.69, 9.17) is 4.42 Å². The van der Waals surface area contributed by atoms with E-state index >= 15 is 0 Å². The van der Waals surface area contributed by atoms with Gasteiger partial charge in [0.2, 0.25) is 0 Å². The molecule has 4 aromatic rings. The van der Waals surface area contributed by atoms with E-state index in [-0.39, 0.29) is 5.91 Å². The van der Waals surface area contributed by atoms with Gasteiger partial charge in [-0.25, -0.2) is 0 Å². The molecule has 0 saturated carbocycles. The Labute approximate surface area is 150 Å². The zero-order chi connectivity index (χ0) is 17.1. The van der Waals surface area contributed by atoms with Crippen LogP contribution in [0.5, 0.6) is 0 Å². The average molecular weight is 347 g/mol. The molecule has 0 N–H and O–H groups in total. The summed E-state index contributed by atoms with van der Waals surface area (Å²) in [4.78, 5) is 15.7. The number of amides is 1. The van der Waals surface area contributed by atoms with E-state index < -0.39 is 0 Å². The first-order chi connectivity index (χ1) is 12.3. The Morgan fingerprint density at radius 2 is 1.72 bits per heavy atom. The lowest BCUT2D eigenvalue weighted by atomic mass is 10.2. The molecule has 25 heavy (non-hydrogen) atoms. The van der Waals surface area contributed by atoms with Crippen LogP contribution in [-0.2, 0) is 13.1 Å². The fourth-order valence-corrected chi connectivity index (χ4v) is 3.87. The maximum absolute atomic E-state index is 13.1. The van der Waals surface area contributed by atoms with Crippen LogP contribution in [0.25, 0.3) is 10.1 Å². The second-order valence-electron chi connectivity index (χ2n) is 5.87. The van der Waals surface area contributed by atoms with Gasteiger partial charge in [-0.2, -0.15) is 0 Å². The molecule has 0 aliphatic rings. The third kappa shape index (κ3) is 3.49. The van der Waals surface area contributed by atoms with Crippen LogP contribution in [0.3, 0.4) is 0 Å². The lowest BCUT2D eigenvalue weighted by Gasteiger charge is -2.21. The van der Waals surface area contributed by atoms with Gasteiger partial charge in [-0.05, 0) is 35.2 Å². The molecule has 0 fully saturated rings. The second-order valence-corrected chi connectivity index (χ2v) is 6.96. The van der Waals surface area contributed by atoms with Crippen LogP contribution in [0.4, 0.5) is 0 Å². The van der Waals surface area contributed by atoms with Crippen molar-refractivity contribution >= 4 is 27.3 Å². The number of carbonyl (C=O) groups excluding carboxylic acids is 1. The maximum atomic E-state index is 13.1. The summed E-state index contributed by atoms with van der Waals surface area (Å²) in [5.74, 6) is 0.812. The van der Waals surface area contributed by atoms with Crippen molar-refractivity contribution in [2.75, 3.05) is 0 Å². The van der Waals surface area contributed by atoms with Gasteiger partial charge >= 0.3 is 0 Å². The molecule has 4 rings (SSSR count). The molecule has 2 heterocycles. The number of carbonyl (C=O) groups is 1. The first-order valence-electron chi connectivity index (χ1n) is 8.14. The van der Waals surface area contributed by atoms with Gasteiger partial charge in [0.1, 0.15) is 5.76 Å². The predicted octanol–water partition coefficient (Wildman–Crippen LogP) is 5.34. The summed E-state index contributed by atoms with van der Waals surface area (Å²) >= 11 is 1.54. The van der Waals surface area contributed by atoms with E-state index in [1.54, 1.807) is 6.26 Å². The number of hydrogen-bond acceptors (Lipinski definition) is 3. The summed E-state index contributed by atoms with van der Waals surface area (Å²) in [6, 6.07) is 23.8. The van der Waals surface area contributed by atoms with Crippen LogP contribution in [0.1, 0.15) is 21.0 Å². The highest BCUT2D eigenvalue weighted by atomic mass is 32.1. The van der Waals surface area contributed by atoms with Crippen molar-refractivity contribution in [1.82, 2.24) is 4.90 Å². The van der Waals surface area contributed by atoms with Gasteiger partial charge in [0.15, 0.2) is 0 Å². The zero-order valence-corrected chi connectivity index (χ0v) is 14.4. The van der Waals surface area contributed by atoms with E-state index in [0.717, 1.165) is 26.3 Å². The van der Waals surface area contributed by atoms with Gasteiger partial charge in [0.05, 0.1) is 17.7 Å². The van der Waals surface area contributed by atoms with Gasteiger partial charge in [-0.3, -0.25) is 4.79 Å². The summed E-state index contributed by atoms with van der Waals surface area (Å²) in [7, 11) is 0. The first-order valence-corrected chi connectivity index (χ1v) is 8.95. The van der Waals surface area contributed by atoms with E-state index in [9.17, 15) is 4.79 Å². The van der Waals surface area contributed by atoms with Gasteiger partial charge in [0.25, 0.3) is 5.91 Å². The number of benzene rings is 2. The Bertz CT molecular complexity index is 940. The number of rotatable bonds is 5. The fraction of sp³-hybridized carbons (Fsp3) is 0.0952. The molecule has 0 spiro atoms. The van der Waals surface area contributed by atoms with Crippen LogP contribution >= 0.6 is 11.3 Å². The van der Waals surface area contributed by atoms with Crippen LogP contribution in [0.15, 0.2) is 83.5 Å². The number of fused-ring (bicyclic) bond motifs is 1. The molecule has 3 nitrogen and oxygen atoms in total. The summed E-state index contributed by atoms with van der Waals surface area (Å²) < 4.78 is 6.58. The molecule has 0 aliphatic heterocycles. The van der Waals surface area contributed by atoms with Crippen molar-refractivity contribution in [3.8, 4) is 0 Å². The lowest BCUT2D eigenvalue weighted by molar-refractivity contribution is 0.0723. The van der Waals surface area contributed by atoms with Crippen LogP contribution in [0.2, 0.25) is 0 Å². The Balaban J connectivity index is 1.64. The molecule has 0 unspecified atom stereocenters. The van der Waals surface area contributed by atoms with E-state index in [2.05, 4.69) is 0 Å². The predicted molar refractivity (Wildman–Crippen MR) is 101 cm³/mol. The van der Waals surface area contributed by atoms with Crippen molar-refractivity contribution in [2.24, 2.45) is 0 Å². The molecule has 0 bridgehead atoms. The van der Waals surface area contributed by atoms with Crippen molar-refractivity contribution in [3.63, 3.8) is 0 Å². The fourth-order valence-electron chi connectivity index (χ4n) is 2.84. The number of furan rings is 1. The quantitative estimate of drug-likeness (QED) is 0.488. The second kappa shape index (κ2) is 6.95. The molecule has 124 valence electrons. The Morgan fingerprint density at radius 3 is 2.48 bits per heavy atom. The highest BCUT2D eigenvalue weighted by Crippen LogP contribution is 2.27. The maximum Gasteiger partial charge on any atom is 0.264 e. The summed E-state index contributed by atoms with van der Waals surface area (Å²) in [6.07, 6.45) is 1.64. The molecule has 0 radical (unpaired) electrons. The van der Waals surface area contributed by atoms with Crippen molar-refractivity contribution in [3.05, 3.63) is 95.3 Å². The normalized spacial score (nSPS) is 10.9. The molecule has 1 amide bonds. The zero-order valence-electron chi connectivity index (χ0n) is 13.6. The summed E-state index contributed by atoms with van der Waals surface area (Å²) in [6.45, 7) is 1.00. The lowest BCUT2D eigenvalue weighted by Crippen LogP contribution is -2.29. The largest absolute Gasteiger partial charge is 0.467 e. The topological polar surface area (TPSA) is 33.5 Å². The number of nitrogens with zero attached hydrogens (tertiary/aromatic N) is 1. The van der Waals surface area contributed by atoms with E-state index in [0.29, 0.717) is 13.1 Å². The first kappa shape index (κ1) is 15.7. The van der Waals surface area contributed by atoms with E-state index in [1.807, 2.05) is 77.7 Å². The minimum absolute atomic E-state index is 0.0291. The van der Waals surface area contributed by atoms with Crippen LogP contribution < -0.4 is 0 Å². The van der Waals surface area contributed by atoms with Gasteiger partial charge in [-0.15, -0.1) is 11.3 Å². The SMILES string of the molecule is O=C(c1cc2ccccc2s1)N(Cc1ccccc1)Cc1ccco1. The molecule has 0 saturated heterocycles. The molecule has 4 heteroatoms. The van der Waals surface area contributed by atoms with Gasteiger partial charge < -0.3 is 9.32 Å². The average Bonchev–Trinajstić information content (AvgIpc) is 3.30. The summed E-state index contributed by atoms with van der Waals surface area (Å²) in [5.41, 5.74) is 1.10. The van der Waals surface area contributed by atoms with Gasteiger partial charge in [-0.1, -0.05) is 48.5 Å². The molecule has 2 aromatic heterocycles. The smallest absolute Gasteiger partial charge is 0.264 e. The number of thiophene rings is 1. The standard InChI is InChI=1S/C21H17NO2S/c23-21(20-13-17-9-4-5-11-19(17)25-20)22(15-18-10-6-12-24-18)14-16-7-2-1-3-8-16/h1-13H,14-15H2. The Morgan fingerprint density at radius 1 is 0.920 bits per heavy atom. The summed E-state index contributed by atoms with van der Waals surface area (Å²) in [5, 5.41) is 1.11. The highest BCUT2D eigenvalue weighted by Gasteiger charge is 2.20.